The number of aromatic nitrogens is 1. The number of carbonyl (C=O) groups is 1. The molecule has 1 aromatic heterocycles. The molecule has 1 heterocycles. The molecule has 2 aromatic rings. The lowest BCUT2D eigenvalue weighted by atomic mass is 10.2. The van der Waals surface area contributed by atoms with Gasteiger partial charge in [-0.05, 0) is 23.8 Å². The van der Waals surface area contributed by atoms with Crippen molar-refractivity contribution in [1.29, 1.82) is 0 Å². The summed E-state index contributed by atoms with van der Waals surface area (Å²) in [5.74, 6) is -0.0151. The zero-order chi connectivity index (χ0) is 16.8. The minimum absolute atomic E-state index is 0.203. The van der Waals surface area contributed by atoms with Gasteiger partial charge in [0.15, 0.2) is 0 Å². The number of nitrogens with one attached hydrogen (secondary N) is 1. The van der Waals surface area contributed by atoms with Crippen LogP contribution < -0.4 is 15.6 Å². The van der Waals surface area contributed by atoms with Crippen LogP contribution in [0.4, 0.5) is 8.78 Å². The third kappa shape index (κ3) is 4.91. The van der Waals surface area contributed by atoms with Gasteiger partial charge in [0.05, 0.1) is 5.56 Å². The number of carbonyl (C=O) groups excluding carboxylic acids is 1. The second kappa shape index (κ2) is 7.53. The highest BCUT2D eigenvalue weighted by Gasteiger charge is 2.07. The molecule has 1 N–H and O–H groups in total. The molecule has 0 aliphatic carbocycles. The highest BCUT2D eigenvalue weighted by Crippen LogP contribution is 2.14. The number of aryl methyl sites for hydroxylation is 1. The van der Waals surface area contributed by atoms with Crippen molar-refractivity contribution in [1.82, 2.24) is 9.88 Å². The third-order valence-electron chi connectivity index (χ3n) is 3.08. The first-order chi connectivity index (χ1) is 11.0. The first-order valence-corrected chi connectivity index (χ1v) is 6.90. The Labute approximate surface area is 131 Å². The van der Waals surface area contributed by atoms with Crippen molar-refractivity contribution in [3.05, 3.63) is 64.1 Å². The van der Waals surface area contributed by atoms with Gasteiger partial charge in [-0.1, -0.05) is 12.1 Å². The van der Waals surface area contributed by atoms with Gasteiger partial charge in [-0.25, -0.2) is 8.78 Å². The number of hydrogen-bond donors (Lipinski definition) is 1. The van der Waals surface area contributed by atoms with Gasteiger partial charge in [-0.2, -0.15) is 0 Å². The number of halogens is 2. The van der Waals surface area contributed by atoms with E-state index in [1.165, 1.54) is 22.9 Å². The molecular formula is C16H16F2N2O3. The Bertz CT molecular complexity index is 744. The summed E-state index contributed by atoms with van der Waals surface area (Å²) >= 11 is 0. The Hall–Kier alpha value is -2.70. The molecule has 0 fully saturated rings. The first-order valence-electron chi connectivity index (χ1n) is 6.90. The van der Waals surface area contributed by atoms with Crippen LogP contribution in [0, 0.1) is 0 Å². The number of amides is 1. The molecule has 0 atom stereocenters. The van der Waals surface area contributed by atoms with Gasteiger partial charge in [0.1, 0.15) is 12.4 Å². The fraction of sp³-hybridized carbons (Fsp3) is 0.250. The normalized spacial score (nSPS) is 10.6. The number of ether oxygens (including phenoxy) is 1. The lowest BCUT2D eigenvalue weighted by molar-refractivity contribution is 0.0818. The molecule has 1 aromatic carbocycles. The van der Waals surface area contributed by atoms with Gasteiger partial charge < -0.3 is 14.6 Å². The molecule has 23 heavy (non-hydrogen) atoms. The van der Waals surface area contributed by atoms with Crippen molar-refractivity contribution in [2.45, 2.75) is 13.0 Å². The Balaban J connectivity index is 1.97. The van der Waals surface area contributed by atoms with Crippen LogP contribution in [0.1, 0.15) is 15.9 Å². The van der Waals surface area contributed by atoms with E-state index in [1.807, 2.05) is 0 Å². The van der Waals surface area contributed by atoms with E-state index < -0.39 is 13.0 Å². The smallest absolute Gasteiger partial charge is 0.272 e. The highest BCUT2D eigenvalue weighted by atomic mass is 19.3. The van der Waals surface area contributed by atoms with E-state index in [1.54, 1.807) is 31.3 Å². The Morgan fingerprint density at radius 1 is 1.30 bits per heavy atom. The van der Waals surface area contributed by atoms with E-state index in [2.05, 4.69) is 5.32 Å². The predicted octanol–water partition coefficient (Wildman–Crippen LogP) is 1.96. The maximum Gasteiger partial charge on any atom is 0.272 e. The molecule has 0 spiro atoms. The number of hydrogen-bond acceptors (Lipinski definition) is 3. The summed E-state index contributed by atoms with van der Waals surface area (Å²) in [6.45, 7) is -0.457. The van der Waals surface area contributed by atoms with Crippen LogP contribution >= 0.6 is 0 Å². The van der Waals surface area contributed by atoms with E-state index in [-0.39, 0.29) is 18.0 Å². The zero-order valence-corrected chi connectivity index (χ0v) is 12.5. The van der Waals surface area contributed by atoms with Crippen molar-refractivity contribution in [3.8, 4) is 5.75 Å². The van der Waals surface area contributed by atoms with Gasteiger partial charge in [0.2, 0.25) is 5.56 Å². The molecule has 0 saturated carbocycles. The number of alkyl halides is 2. The summed E-state index contributed by atoms with van der Waals surface area (Å²) < 4.78 is 30.5. The van der Waals surface area contributed by atoms with Gasteiger partial charge in [-0.15, -0.1) is 0 Å². The molecule has 0 unspecified atom stereocenters. The predicted molar refractivity (Wildman–Crippen MR) is 80.8 cm³/mol. The molecule has 0 aliphatic rings. The fourth-order valence-corrected chi connectivity index (χ4v) is 1.92. The van der Waals surface area contributed by atoms with Gasteiger partial charge in [0, 0.05) is 25.9 Å². The molecule has 0 saturated heterocycles. The Morgan fingerprint density at radius 3 is 2.78 bits per heavy atom. The van der Waals surface area contributed by atoms with Crippen LogP contribution in [0.25, 0.3) is 0 Å². The average molecular weight is 322 g/mol. The minimum atomic E-state index is -2.54. The standard InChI is InChI=1S/C16H16F2N2O3/c1-20-9-12(5-6-15(20)21)16(22)19-8-11-3-2-4-13(7-11)23-10-14(17)18/h2-7,9,14H,8,10H2,1H3,(H,19,22). The number of benzene rings is 1. The largest absolute Gasteiger partial charge is 0.488 e. The van der Waals surface area contributed by atoms with E-state index in [0.717, 1.165) is 5.56 Å². The van der Waals surface area contributed by atoms with Crippen LogP contribution in [0.15, 0.2) is 47.4 Å². The summed E-state index contributed by atoms with van der Waals surface area (Å²) in [4.78, 5) is 23.3. The topological polar surface area (TPSA) is 60.3 Å². The quantitative estimate of drug-likeness (QED) is 0.884. The van der Waals surface area contributed by atoms with E-state index in [9.17, 15) is 18.4 Å². The molecule has 1 amide bonds. The minimum Gasteiger partial charge on any atom is -0.488 e. The SMILES string of the molecule is Cn1cc(C(=O)NCc2cccc(OCC(F)F)c2)ccc1=O. The number of rotatable bonds is 6. The second-order valence-corrected chi connectivity index (χ2v) is 4.90. The van der Waals surface area contributed by atoms with Crippen molar-refractivity contribution in [2.75, 3.05) is 6.61 Å². The average Bonchev–Trinajstić information content (AvgIpc) is 2.53. The monoisotopic (exact) mass is 322 g/mol. The van der Waals surface area contributed by atoms with Crippen LogP contribution in [0.5, 0.6) is 5.75 Å². The molecule has 122 valence electrons. The fourth-order valence-electron chi connectivity index (χ4n) is 1.92. The number of nitrogens with zero attached hydrogens (tertiary/aromatic N) is 1. The van der Waals surface area contributed by atoms with Crippen molar-refractivity contribution in [2.24, 2.45) is 7.05 Å². The van der Waals surface area contributed by atoms with Crippen LogP contribution in [0.3, 0.4) is 0 Å². The Morgan fingerprint density at radius 2 is 2.09 bits per heavy atom. The third-order valence-corrected chi connectivity index (χ3v) is 3.08. The van der Waals surface area contributed by atoms with Crippen LogP contribution in [-0.4, -0.2) is 23.5 Å². The zero-order valence-electron chi connectivity index (χ0n) is 12.5. The molecule has 2 rings (SSSR count). The summed E-state index contributed by atoms with van der Waals surface area (Å²) in [5, 5.41) is 2.70. The highest BCUT2D eigenvalue weighted by molar-refractivity contribution is 5.93. The summed E-state index contributed by atoms with van der Waals surface area (Å²) in [7, 11) is 1.56. The lowest BCUT2D eigenvalue weighted by Gasteiger charge is -2.09. The first kappa shape index (κ1) is 16.7. The summed E-state index contributed by atoms with van der Waals surface area (Å²) in [6, 6.07) is 9.32. The molecule has 0 radical (unpaired) electrons. The molecule has 7 heteroatoms. The summed E-state index contributed by atoms with van der Waals surface area (Å²) in [6.07, 6.45) is -1.09. The van der Waals surface area contributed by atoms with E-state index >= 15 is 0 Å². The molecular weight excluding hydrogens is 306 g/mol. The van der Waals surface area contributed by atoms with E-state index in [0.29, 0.717) is 11.3 Å². The maximum absolute atomic E-state index is 12.1. The van der Waals surface area contributed by atoms with Gasteiger partial charge >= 0.3 is 0 Å². The van der Waals surface area contributed by atoms with Crippen molar-refractivity contribution >= 4 is 5.91 Å². The summed E-state index contributed by atoms with van der Waals surface area (Å²) in [5.41, 5.74) is 0.873. The van der Waals surface area contributed by atoms with Crippen LogP contribution in [0.2, 0.25) is 0 Å². The lowest BCUT2D eigenvalue weighted by Crippen LogP contribution is -2.25. The van der Waals surface area contributed by atoms with E-state index in [4.69, 9.17) is 4.74 Å². The maximum atomic E-state index is 12.1. The molecule has 5 nitrogen and oxygen atoms in total. The van der Waals surface area contributed by atoms with Crippen molar-refractivity contribution in [3.63, 3.8) is 0 Å². The Kier molecular flexibility index (Phi) is 5.46. The van der Waals surface area contributed by atoms with Gasteiger partial charge in [-0.3, -0.25) is 9.59 Å². The second-order valence-electron chi connectivity index (χ2n) is 4.90. The number of pyridine rings is 1. The van der Waals surface area contributed by atoms with Crippen LogP contribution in [-0.2, 0) is 13.6 Å². The molecule has 0 bridgehead atoms. The molecule has 0 aliphatic heterocycles. The van der Waals surface area contributed by atoms with Crippen molar-refractivity contribution < 1.29 is 18.3 Å². The van der Waals surface area contributed by atoms with Gasteiger partial charge in [0.25, 0.3) is 12.3 Å².